The highest BCUT2D eigenvalue weighted by molar-refractivity contribution is 5.85. The maximum absolute atomic E-state index is 5.59. The summed E-state index contributed by atoms with van der Waals surface area (Å²) < 4.78 is 5.59. The van der Waals surface area contributed by atoms with Crippen LogP contribution in [0.1, 0.15) is 25.5 Å². The highest BCUT2D eigenvalue weighted by atomic mass is 16.5. The molecule has 1 fully saturated rings. The van der Waals surface area contributed by atoms with Crippen LogP contribution in [0.25, 0.3) is 5.57 Å². The number of allylic oxidation sites excluding steroid dienone is 3. The van der Waals surface area contributed by atoms with E-state index in [4.69, 9.17) is 9.72 Å². The van der Waals surface area contributed by atoms with Gasteiger partial charge in [0.05, 0.1) is 7.11 Å². The number of aromatic nitrogens is 2. The predicted octanol–water partition coefficient (Wildman–Crippen LogP) is 2.24. The molecule has 0 spiro atoms. The molecule has 0 bridgehead atoms. The van der Waals surface area contributed by atoms with Crippen LogP contribution in [0.2, 0.25) is 0 Å². The Morgan fingerprint density at radius 3 is 2.64 bits per heavy atom. The number of anilines is 1. The standard InChI is InChI=1S/C21H30N6O/c1-16-17(14-25(2)24-16)15-26-10-12-27(13-11-26)21-20(22-8-9-23-21)18-6-4-5-7-19(18)28-3/h5,7-9,17H,4,6,10-15H2,1-3H3. The second-order valence-corrected chi connectivity index (χ2v) is 7.78. The van der Waals surface area contributed by atoms with Gasteiger partial charge in [-0.15, -0.1) is 0 Å². The molecular formula is C21H30N6O. The monoisotopic (exact) mass is 382 g/mol. The molecule has 1 saturated heterocycles. The van der Waals surface area contributed by atoms with E-state index in [1.54, 1.807) is 19.5 Å². The summed E-state index contributed by atoms with van der Waals surface area (Å²) in [6.07, 6.45) is 9.75. The van der Waals surface area contributed by atoms with Crippen LogP contribution in [0, 0.1) is 5.92 Å². The van der Waals surface area contributed by atoms with Crippen molar-refractivity contribution in [1.82, 2.24) is 19.9 Å². The first kappa shape index (κ1) is 18.9. The molecule has 3 heterocycles. The number of hydrogen-bond acceptors (Lipinski definition) is 7. The van der Waals surface area contributed by atoms with Gasteiger partial charge >= 0.3 is 0 Å². The van der Waals surface area contributed by atoms with Crippen LogP contribution in [0.3, 0.4) is 0 Å². The van der Waals surface area contributed by atoms with Crippen molar-refractivity contribution in [2.45, 2.75) is 19.8 Å². The fourth-order valence-electron chi connectivity index (χ4n) is 4.33. The van der Waals surface area contributed by atoms with Crippen LogP contribution < -0.4 is 4.90 Å². The lowest BCUT2D eigenvalue weighted by atomic mass is 9.99. The van der Waals surface area contributed by atoms with E-state index >= 15 is 0 Å². The van der Waals surface area contributed by atoms with E-state index in [9.17, 15) is 0 Å². The number of methoxy groups -OCH3 is 1. The SMILES string of the molecule is COC1=C(c2nccnc2N2CCN(CC3CN(C)N=C3C)CC2)CCC=C1. The molecule has 28 heavy (non-hydrogen) atoms. The lowest BCUT2D eigenvalue weighted by Gasteiger charge is -2.37. The Balaban J connectivity index is 1.45. The van der Waals surface area contributed by atoms with Gasteiger partial charge in [-0.2, -0.15) is 5.10 Å². The van der Waals surface area contributed by atoms with Crippen LogP contribution >= 0.6 is 0 Å². The Bertz CT molecular complexity index is 794. The molecule has 1 atom stereocenters. The van der Waals surface area contributed by atoms with Gasteiger partial charge in [0, 0.05) is 75.9 Å². The average molecular weight is 383 g/mol. The number of hydrogen-bond donors (Lipinski definition) is 0. The second kappa shape index (κ2) is 8.31. The third kappa shape index (κ3) is 3.90. The summed E-state index contributed by atoms with van der Waals surface area (Å²) in [6, 6.07) is 0. The van der Waals surface area contributed by atoms with Gasteiger partial charge in [-0.1, -0.05) is 6.08 Å². The van der Waals surface area contributed by atoms with E-state index in [0.29, 0.717) is 5.92 Å². The number of piperazine rings is 1. The smallest absolute Gasteiger partial charge is 0.155 e. The van der Waals surface area contributed by atoms with Crippen molar-refractivity contribution in [3.63, 3.8) is 0 Å². The first-order valence-corrected chi connectivity index (χ1v) is 10.1. The first-order valence-electron chi connectivity index (χ1n) is 10.1. The molecule has 7 nitrogen and oxygen atoms in total. The van der Waals surface area contributed by atoms with Crippen LogP contribution in [0.4, 0.5) is 5.82 Å². The van der Waals surface area contributed by atoms with Gasteiger partial charge in [0.1, 0.15) is 11.5 Å². The molecule has 7 heteroatoms. The first-order chi connectivity index (χ1) is 13.7. The van der Waals surface area contributed by atoms with Gasteiger partial charge < -0.3 is 9.64 Å². The maximum atomic E-state index is 5.59. The molecule has 3 aliphatic rings. The van der Waals surface area contributed by atoms with Crippen molar-refractivity contribution >= 4 is 17.1 Å². The summed E-state index contributed by atoms with van der Waals surface area (Å²) in [5.74, 6) is 2.44. The lowest BCUT2D eigenvalue weighted by Crippen LogP contribution is -2.49. The van der Waals surface area contributed by atoms with E-state index in [2.05, 4.69) is 51.0 Å². The van der Waals surface area contributed by atoms with Crippen molar-refractivity contribution in [3.05, 3.63) is 36.0 Å². The molecule has 1 unspecified atom stereocenters. The largest absolute Gasteiger partial charge is 0.496 e. The van der Waals surface area contributed by atoms with Gasteiger partial charge in [-0.05, 0) is 25.8 Å². The maximum Gasteiger partial charge on any atom is 0.155 e. The number of ether oxygens (including phenoxy) is 1. The van der Waals surface area contributed by atoms with Crippen molar-refractivity contribution in [2.75, 3.05) is 58.3 Å². The predicted molar refractivity (Wildman–Crippen MR) is 112 cm³/mol. The quantitative estimate of drug-likeness (QED) is 0.779. The Kier molecular flexibility index (Phi) is 5.62. The molecule has 1 aliphatic carbocycles. The molecule has 0 aromatic carbocycles. The third-order valence-electron chi connectivity index (χ3n) is 5.87. The highest BCUT2D eigenvalue weighted by Gasteiger charge is 2.28. The Morgan fingerprint density at radius 1 is 1.14 bits per heavy atom. The van der Waals surface area contributed by atoms with Gasteiger partial charge in [0.2, 0.25) is 0 Å². The van der Waals surface area contributed by atoms with Crippen LogP contribution in [-0.2, 0) is 4.74 Å². The molecule has 0 amide bonds. The van der Waals surface area contributed by atoms with E-state index in [1.807, 2.05) is 0 Å². The zero-order valence-corrected chi connectivity index (χ0v) is 17.1. The minimum atomic E-state index is 0.548. The average Bonchev–Trinajstić information content (AvgIpc) is 3.05. The minimum absolute atomic E-state index is 0.548. The lowest BCUT2D eigenvalue weighted by molar-refractivity contribution is 0.226. The fourth-order valence-corrected chi connectivity index (χ4v) is 4.33. The summed E-state index contributed by atoms with van der Waals surface area (Å²) in [4.78, 5) is 14.3. The molecule has 4 rings (SSSR count). The van der Waals surface area contributed by atoms with Gasteiger partial charge in [-0.3, -0.25) is 14.9 Å². The summed E-state index contributed by atoms with van der Waals surface area (Å²) >= 11 is 0. The van der Waals surface area contributed by atoms with Gasteiger partial charge in [0.15, 0.2) is 5.82 Å². The fraction of sp³-hybridized carbons (Fsp3) is 0.571. The zero-order chi connectivity index (χ0) is 19.5. The number of rotatable bonds is 5. The Hall–Kier alpha value is -2.41. The normalized spacial score (nSPS) is 23.4. The van der Waals surface area contributed by atoms with Crippen LogP contribution in [0.5, 0.6) is 0 Å². The van der Waals surface area contributed by atoms with Crippen molar-refractivity contribution in [2.24, 2.45) is 11.0 Å². The molecule has 2 aliphatic heterocycles. The molecule has 0 saturated carbocycles. The number of nitrogens with zero attached hydrogens (tertiary/aromatic N) is 6. The van der Waals surface area contributed by atoms with Gasteiger partial charge in [0.25, 0.3) is 0 Å². The third-order valence-corrected chi connectivity index (χ3v) is 5.87. The minimum Gasteiger partial charge on any atom is -0.496 e. The summed E-state index contributed by atoms with van der Waals surface area (Å²) in [7, 11) is 3.78. The number of hydrazone groups is 1. The van der Waals surface area contributed by atoms with Crippen molar-refractivity contribution in [3.8, 4) is 0 Å². The zero-order valence-electron chi connectivity index (χ0n) is 17.1. The molecule has 1 aromatic rings. The summed E-state index contributed by atoms with van der Waals surface area (Å²) in [5, 5.41) is 6.61. The molecule has 150 valence electrons. The summed E-state index contributed by atoms with van der Waals surface area (Å²) in [5.41, 5.74) is 3.39. The Morgan fingerprint density at radius 2 is 1.93 bits per heavy atom. The van der Waals surface area contributed by atoms with E-state index in [0.717, 1.165) is 75.0 Å². The van der Waals surface area contributed by atoms with Gasteiger partial charge in [-0.25, -0.2) is 4.98 Å². The van der Waals surface area contributed by atoms with Crippen molar-refractivity contribution < 1.29 is 4.74 Å². The van der Waals surface area contributed by atoms with E-state index in [-0.39, 0.29) is 0 Å². The second-order valence-electron chi connectivity index (χ2n) is 7.78. The van der Waals surface area contributed by atoms with E-state index < -0.39 is 0 Å². The van der Waals surface area contributed by atoms with E-state index in [1.165, 1.54) is 5.71 Å². The Labute approximate surface area is 167 Å². The summed E-state index contributed by atoms with van der Waals surface area (Å²) in [6.45, 7) is 8.29. The van der Waals surface area contributed by atoms with Crippen LogP contribution in [-0.4, -0.2) is 79.0 Å². The van der Waals surface area contributed by atoms with Crippen molar-refractivity contribution in [1.29, 1.82) is 0 Å². The van der Waals surface area contributed by atoms with Crippen LogP contribution in [0.15, 0.2) is 35.4 Å². The highest BCUT2D eigenvalue weighted by Crippen LogP contribution is 2.32. The topological polar surface area (TPSA) is 57.1 Å². The molecule has 1 aromatic heterocycles. The molecular weight excluding hydrogens is 352 g/mol. The molecule has 0 N–H and O–H groups in total. The molecule has 0 radical (unpaired) electrons.